The maximum atomic E-state index is 13.4. The van der Waals surface area contributed by atoms with E-state index in [1.807, 2.05) is 0 Å². The summed E-state index contributed by atoms with van der Waals surface area (Å²) in [6.07, 6.45) is 1.67. The van der Waals surface area contributed by atoms with E-state index in [9.17, 15) is 24.1 Å². The lowest BCUT2D eigenvalue weighted by Crippen LogP contribution is -2.30. The number of pyridine rings is 1. The molecule has 1 amide bonds. The van der Waals surface area contributed by atoms with Gasteiger partial charge in [0.15, 0.2) is 11.9 Å². The van der Waals surface area contributed by atoms with Crippen molar-refractivity contribution in [3.63, 3.8) is 0 Å². The highest BCUT2D eigenvalue weighted by Gasteiger charge is 2.23. The Kier molecular flexibility index (Phi) is 5.81. The molecule has 0 radical (unpaired) electrons. The van der Waals surface area contributed by atoms with Crippen LogP contribution in [0, 0.1) is 22.9 Å². The summed E-state index contributed by atoms with van der Waals surface area (Å²) < 4.78 is 20.0. The number of carbonyl (C=O) groups is 2. The van der Waals surface area contributed by atoms with E-state index in [0.29, 0.717) is 11.5 Å². The van der Waals surface area contributed by atoms with Gasteiger partial charge in [0.25, 0.3) is 5.91 Å². The molecule has 154 valence electrons. The molecule has 10 nitrogen and oxygen atoms in total. The van der Waals surface area contributed by atoms with E-state index >= 15 is 0 Å². The number of nitro benzene ring substituents is 1. The molecule has 1 aromatic carbocycles. The van der Waals surface area contributed by atoms with Crippen molar-refractivity contribution in [3.05, 3.63) is 76.0 Å². The number of carbonyl (C=O) groups excluding carboxylic acids is 2. The smallest absolute Gasteiger partial charge is 0.342 e. The fourth-order valence-corrected chi connectivity index (χ4v) is 2.57. The number of anilines is 1. The van der Waals surface area contributed by atoms with E-state index in [1.54, 1.807) is 31.3 Å². The number of nitro groups is 1. The van der Waals surface area contributed by atoms with Gasteiger partial charge in [-0.3, -0.25) is 14.9 Å². The van der Waals surface area contributed by atoms with Crippen molar-refractivity contribution in [2.24, 2.45) is 0 Å². The molecule has 0 bridgehead atoms. The van der Waals surface area contributed by atoms with Gasteiger partial charge in [-0.25, -0.2) is 14.5 Å². The number of benzene rings is 1. The number of nitrogens with one attached hydrogen (secondary N) is 1. The van der Waals surface area contributed by atoms with E-state index < -0.39 is 34.4 Å². The highest BCUT2D eigenvalue weighted by Crippen LogP contribution is 2.22. The molecule has 1 unspecified atom stereocenters. The quantitative estimate of drug-likeness (QED) is 0.374. The van der Waals surface area contributed by atoms with Crippen LogP contribution >= 0.6 is 0 Å². The number of esters is 1. The Morgan fingerprint density at radius 2 is 2.07 bits per heavy atom. The van der Waals surface area contributed by atoms with Crippen molar-refractivity contribution < 1.29 is 23.6 Å². The van der Waals surface area contributed by atoms with Gasteiger partial charge in [-0.05, 0) is 38.1 Å². The molecular weight excluding hydrogens is 397 g/mol. The average molecular weight is 413 g/mol. The minimum Gasteiger partial charge on any atom is -0.449 e. The molecule has 3 aromatic rings. The molecule has 0 saturated carbocycles. The third-order valence-corrected chi connectivity index (χ3v) is 4.16. The van der Waals surface area contributed by atoms with Crippen molar-refractivity contribution in [3.8, 4) is 5.82 Å². The number of amides is 1. The molecule has 11 heteroatoms. The fraction of sp³-hybridized carbons (Fsp3) is 0.158. The van der Waals surface area contributed by atoms with Gasteiger partial charge in [-0.15, -0.1) is 0 Å². The van der Waals surface area contributed by atoms with Gasteiger partial charge in [0.05, 0.1) is 16.8 Å². The zero-order valence-electron chi connectivity index (χ0n) is 15.9. The molecule has 0 saturated heterocycles. The second-order valence-electron chi connectivity index (χ2n) is 6.20. The minimum atomic E-state index is -1.22. The first-order valence-electron chi connectivity index (χ1n) is 8.69. The first-order chi connectivity index (χ1) is 14.3. The van der Waals surface area contributed by atoms with Crippen LogP contribution in [0.4, 0.5) is 15.8 Å². The Balaban J connectivity index is 1.69. The van der Waals surface area contributed by atoms with Gasteiger partial charge in [-0.1, -0.05) is 6.07 Å². The molecule has 2 aromatic heterocycles. The van der Waals surface area contributed by atoms with Crippen molar-refractivity contribution in [1.29, 1.82) is 0 Å². The zero-order chi connectivity index (χ0) is 21.8. The molecule has 2 heterocycles. The second-order valence-corrected chi connectivity index (χ2v) is 6.20. The highest BCUT2D eigenvalue weighted by molar-refractivity contribution is 5.97. The van der Waals surface area contributed by atoms with E-state index in [2.05, 4.69) is 15.4 Å². The number of rotatable bonds is 6. The summed E-state index contributed by atoms with van der Waals surface area (Å²) in [4.78, 5) is 38.8. The maximum absolute atomic E-state index is 13.4. The van der Waals surface area contributed by atoms with Crippen molar-refractivity contribution in [2.75, 3.05) is 5.32 Å². The number of nitrogens with zero attached hydrogens (tertiary/aromatic N) is 4. The molecule has 0 aliphatic heterocycles. The SMILES string of the molecule is Cc1c(C(=O)OC(C)C(=O)Nc2ccc(F)c([N+](=O)[O-])c2)cnn1-c1ccccn1. The van der Waals surface area contributed by atoms with Crippen LogP contribution in [0.2, 0.25) is 0 Å². The number of halogens is 1. The third-order valence-electron chi connectivity index (χ3n) is 4.16. The van der Waals surface area contributed by atoms with Gasteiger partial charge < -0.3 is 10.1 Å². The van der Waals surface area contributed by atoms with E-state index in [-0.39, 0.29) is 11.3 Å². The second kappa shape index (κ2) is 8.47. The van der Waals surface area contributed by atoms with Crippen LogP contribution in [0.25, 0.3) is 5.82 Å². The number of hydrogen-bond acceptors (Lipinski definition) is 7. The van der Waals surface area contributed by atoms with Crippen LogP contribution in [-0.2, 0) is 9.53 Å². The predicted molar refractivity (Wildman–Crippen MR) is 103 cm³/mol. The first-order valence-corrected chi connectivity index (χ1v) is 8.69. The minimum absolute atomic E-state index is 0.00449. The summed E-state index contributed by atoms with van der Waals surface area (Å²) >= 11 is 0. The van der Waals surface area contributed by atoms with Crippen LogP contribution in [0.1, 0.15) is 23.0 Å². The van der Waals surface area contributed by atoms with E-state index in [1.165, 1.54) is 17.8 Å². The predicted octanol–water partition coefficient (Wildman–Crippen LogP) is 2.81. The van der Waals surface area contributed by atoms with Crippen LogP contribution in [0.5, 0.6) is 0 Å². The van der Waals surface area contributed by atoms with E-state index in [0.717, 1.165) is 18.2 Å². The van der Waals surface area contributed by atoms with Crippen LogP contribution in [-0.4, -0.2) is 37.7 Å². The van der Waals surface area contributed by atoms with Gasteiger partial charge in [0, 0.05) is 18.0 Å². The Hall–Kier alpha value is -4.15. The Morgan fingerprint density at radius 3 is 2.73 bits per heavy atom. The summed E-state index contributed by atoms with van der Waals surface area (Å²) in [7, 11) is 0. The lowest BCUT2D eigenvalue weighted by atomic mass is 10.2. The molecule has 0 fully saturated rings. The maximum Gasteiger partial charge on any atom is 0.342 e. The normalized spacial score (nSPS) is 11.6. The lowest BCUT2D eigenvalue weighted by Gasteiger charge is -2.13. The van der Waals surface area contributed by atoms with Crippen LogP contribution in [0.15, 0.2) is 48.8 Å². The number of aromatic nitrogens is 3. The monoisotopic (exact) mass is 413 g/mol. The third kappa shape index (κ3) is 4.29. The lowest BCUT2D eigenvalue weighted by molar-refractivity contribution is -0.387. The van der Waals surface area contributed by atoms with Crippen molar-refractivity contribution >= 4 is 23.3 Å². The standard InChI is InChI=1S/C19H16FN5O5/c1-11-14(10-22-24(11)17-5-3-4-8-21-17)19(27)30-12(2)18(26)23-13-6-7-15(20)16(9-13)25(28)29/h3-10,12H,1-2H3,(H,23,26). The molecule has 0 aliphatic rings. The zero-order valence-corrected chi connectivity index (χ0v) is 15.9. The molecule has 3 rings (SSSR count). The van der Waals surface area contributed by atoms with Gasteiger partial charge >= 0.3 is 11.7 Å². The topological polar surface area (TPSA) is 129 Å². The molecule has 1 N–H and O–H groups in total. The van der Waals surface area contributed by atoms with Gasteiger partial charge in [-0.2, -0.15) is 9.49 Å². The molecule has 0 aliphatic carbocycles. The van der Waals surface area contributed by atoms with Crippen LogP contribution < -0.4 is 5.32 Å². The summed E-state index contributed by atoms with van der Waals surface area (Å²) in [6, 6.07) is 8.13. The van der Waals surface area contributed by atoms with Crippen molar-refractivity contribution in [1.82, 2.24) is 14.8 Å². The van der Waals surface area contributed by atoms with Gasteiger partial charge in [0.1, 0.15) is 5.56 Å². The highest BCUT2D eigenvalue weighted by atomic mass is 19.1. The average Bonchev–Trinajstić information content (AvgIpc) is 3.11. The fourth-order valence-electron chi connectivity index (χ4n) is 2.57. The Morgan fingerprint density at radius 1 is 1.30 bits per heavy atom. The summed E-state index contributed by atoms with van der Waals surface area (Å²) in [5.41, 5.74) is -0.164. The summed E-state index contributed by atoms with van der Waals surface area (Å²) in [5.74, 6) is -2.03. The van der Waals surface area contributed by atoms with Crippen molar-refractivity contribution in [2.45, 2.75) is 20.0 Å². The summed E-state index contributed by atoms with van der Waals surface area (Å²) in [5, 5.41) is 17.3. The van der Waals surface area contributed by atoms with Crippen LogP contribution in [0.3, 0.4) is 0 Å². The Bertz CT molecular complexity index is 1120. The molecule has 1 atom stereocenters. The summed E-state index contributed by atoms with van der Waals surface area (Å²) in [6.45, 7) is 2.99. The molecule has 0 spiro atoms. The van der Waals surface area contributed by atoms with Gasteiger partial charge in [0.2, 0.25) is 5.82 Å². The Labute approximate surface area is 169 Å². The number of ether oxygens (including phenoxy) is 1. The van der Waals surface area contributed by atoms with E-state index in [4.69, 9.17) is 4.74 Å². The number of hydrogen-bond donors (Lipinski definition) is 1. The molecular formula is C19H16FN5O5. The molecule has 30 heavy (non-hydrogen) atoms. The first kappa shape index (κ1) is 20.6. The largest absolute Gasteiger partial charge is 0.449 e.